The fraction of sp³-hybridized carbons (Fsp3) is 0.200. The van der Waals surface area contributed by atoms with Gasteiger partial charge in [-0.15, -0.1) is 0 Å². The largest absolute Gasteiger partial charge is 0.486 e. The molecule has 1 aromatic heterocycles. The third kappa shape index (κ3) is 8.70. The maximum absolute atomic E-state index is 6.56. The molecule has 6 heteroatoms. The Morgan fingerprint density at radius 3 is 1.58 bits per heavy atom. The molecule has 4 heterocycles. The molecule has 0 atom stereocenters. The number of fused-ring (bicyclic) bond motifs is 8. The number of benzene rings is 10. The summed E-state index contributed by atoms with van der Waals surface area (Å²) < 4.78 is 19.4. The van der Waals surface area contributed by atoms with Gasteiger partial charge >= 0.3 is 0 Å². The van der Waals surface area contributed by atoms with Crippen molar-refractivity contribution in [3.63, 3.8) is 0 Å². The van der Waals surface area contributed by atoms with Crippen LogP contribution in [-0.4, -0.2) is 19.9 Å². The van der Waals surface area contributed by atoms with Gasteiger partial charge in [0, 0.05) is 50.8 Å². The van der Waals surface area contributed by atoms with E-state index in [0.717, 1.165) is 107 Å². The average Bonchev–Trinajstić information content (AvgIpc) is 3.79. The Morgan fingerprint density at radius 1 is 0.370 bits per heavy atom. The zero-order valence-electron chi connectivity index (χ0n) is 48.2. The van der Waals surface area contributed by atoms with Gasteiger partial charge in [-0.05, 0) is 167 Å². The second-order valence-corrected chi connectivity index (χ2v) is 25.7. The topological polar surface area (TPSA) is 38.1 Å². The maximum atomic E-state index is 6.56. The van der Waals surface area contributed by atoms with Crippen molar-refractivity contribution in [1.82, 2.24) is 0 Å². The molecule has 0 fully saturated rings. The number of hydrogen-bond acceptors (Lipinski definition) is 5. The van der Waals surface area contributed by atoms with Gasteiger partial charge in [0.1, 0.15) is 24.4 Å². The van der Waals surface area contributed by atoms with Crippen LogP contribution in [0.1, 0.15) is 84.6 Å². The monoisotopic (exact) mass is 1050 g/mol. The fourth-order valence-corrected chi connectivity index (χ4v) is 12.7. The van der Waals surface area contributed by atoms with Gasteiger partial charge in [0.05, 0.1) is 5.69 Å². The standard InChI is InChI=1S/C75H67BN2O3/c1-46-36-66-72-67(37-46)78(64-45-71-70(79-34-35-80-71)44-60(64)49-16-12-11-13-17-49)63-33-30-56(75(8,9)10)43-62(63)76(72)61-32-25-50(51-24-31-59-58-18-14-15-19-68(58)81-69(59)42-51)41-65(61)77(66)57-39-52(47-20-26-54(27-21-47)73(2,3)4)38-53(40-57)48-22-28-55(29-23-48)74(5,6)7/h11-33,36-45H,34-35H2,1-10H3. The summed E-state index contributed by atoms with van der Waals surface area (Å²) in [6.45, 7) is 23.8. The molecule has 5 nitrogen and oxygen atoms in total. The molecular weight excluding hydrogens is 988 g/mol. The molecule has 0 radical (unpaired) electrons. The summed E-state index contributed by atoms with van der Waals surface area (Å²) in [4.78, 5) is 5.11. The highest BCUT2D eigenvalue weighted by atomic mass is 16.6. The van der Waals surface area contributed by atoms with Crippen LogP contribution in [0.2, 0.25) is 0 Å². The molecule has 0 saturated carbocycles. The number of rotatable bonds is 6. The molecular formula is C75H67BN2O3. The Morgan fingerprint density at radius 2 is 0.926 bits per heavy atom. The first-order chi connectivity index (χ1) is 38.9. The van der Waals surface area contributed by atoms with Gasteiger partial charge in [0.2, 0.25) is 0 Å². The lowest BCUT2D eigenvalue weighted by Crippen LogP contribution is -2.61. The minimum Gasteiger partial charge on any atom is -0.486 e. The average molecular weight is 1060 g/mol. The van der Waals surface area contributed by atoms with E-state index in [0.29, 0.717) is 13.2 Å². The predicted octanol–water partition coefficient (Wildman–Crippen LogP) is 18.3. The number of ether oxygens (including phenoxy) is 2. The number of hydrogen-bond donors (Lipinski definition) is 0. The van der Waals surface area contributed by atoms with Gasteiger partial charge in [-0.25, -0.2) is 0 Å². The molecule has 0 N–H and O–H groups in total. The van der Waals surface area contributed by atoms with Gasteiger partial charge in [-0.3, -0.25) is 0 Å². The van der Waals surface area contributed by atoms with Crippen LogP contribution in [0.25, 0.3) is 66.4 Å². The second-order valence-electron chi connectivity index (χ2n) is 25.7. The van der Waals surface area contributed by atoms with Crippen molar-refractivity contribution < 1.29 is 13.9 Å². The van der Waals surface area contributed by atoms with Crippen molar-refractivity contribution in [2.24, 2.45) is 0 Å². The third-order valence-corrected chi connectivity index (χ3v) is 17.1. The zero-order chi connectivity index (χ0) is 55.7. The van der Waals surface area contributed by atoms with Gasteiger partial charge < -0.3 is 23.7 Å². The van der Waals surface area contributed by atoms with E-state index in [9.17, 15) is 0 Å². The molecule has 81 heavy (non-hydrogen) atoms. The first-order valence-electron chi connectivity index (χ1n) is 28.7. The van der Waals surface area contributed by atoms with Crippen LogP contribution in [0.15, 0.2) is 205 Å². The Balaban J connectivity index is 1.06. The van der Waals surface area contributed by atoms with E-state index < -0.39 is 0 Å². The van der Waals surface area contributed by atoms with E-state index in [1.54, 1.807) is 0 Å². The summed E-state index contributed by atoms with van der Waals surface area (Å²) in [5.74, 6) is 1.52. The summed E-state index contributed by atoms with van der Waals surface area (Å²) in [5.41, 5.74) is 26.3. The Kier molecular flexibility index (Phi) is 11.6. The van der Waals surface area contributed by atoms with Crippen molar-refractivity contribution in [3.05, 3.63) is 222 Å². The lowest BCUT2D eigenvalue weighted by Gasteiger charge is -2.45. The lowest BCUT2D eigenvalue weighted by atomic mass is 9.33. The van der Waals surface area contributed by atoms with Crippen LogP contribution in [-0.2, 0) is 16.2 Å². The van der Waals surface area contributed by atoms with E-state index in [2.05, 4.69) is 273 Å². The summed E-state index contributed by atoms with van der Waals surface area (Å²) in [6, 6.07) is 75.2. The molecule has 0 unspecified atom stereocenters. The van der Waals surface area contributed by atoms with Crippen molar-refractivity contribution >= 4 is 79.2 Å². The maximum Gasteiger partial charge on any atom is 0.252 e. The van der Waals surface area contributed by atoms with E-state index in [1.165, 1.54) is 44.2 Å². The molecule has 3 aliphatic heterocycles. The summed E-state index contributed by atoms with van der Waals surface area (Å²) in [5, 5.41) is 2.25. The number of furan rings is 1. The first kappa shape index (κ1) is 50.5. The molecule has 0 aliphatic carbocycles. The molecule has 398 valence electrons. The van der Waals surface area contributed by atoms with Crippen LogP contribution in [0.3, 0.4) is 0 Å². The molecule has 0 spiro atoms. The molecule has 10 aromatic carbocycles. The van der Waals surface area contributed by atoms with Crippen molar-refractivity contribution in [2.75, 3.05) is 23.0 Å². The Labute approximate surface area is 477 Å². The molecule has 0 bridgehead atoms. The van der Waals surface area contributed by atoms with Gasteiger partial charge in [0.15, 0.2) is 11.5 Å². The number of nitrogens with zero attached hydrogens (tertiary/aromatic N) is 2. The summed E-state index contributed by atoms with van der Waals surface area (Å²) in [7, 11) is 0. The number of aryl methyl sites for hydroxylation is 1. The Hall–Kier alpha value is -8.74. The van der Waals surface area contributed by atoms with Crippen LogP contribution in [0.5, 0.6) is 11.5 Å². The van der Waals surface area contributed by atoms with Crippen LogP contribution in [0.4, 0.5) is 34.1 Å². The van der Waals surface area contributed by atoms with Gasteiger partial charge in [-0.2, -0.15) is 0 Å². The van der Waals surface area contributed by atoms with E-state index in [1.807, 2.05) is 6.07 Å². The van der Waals surface area contributed by atoms with Crippen LogP contribution in [0, 0.1) is 6.92 Å². The third-order valence-electron chi connectivity index (χ3n) is 17.1. The number of para-hydroxylation sites is 1. The highest BCUT2D eigenvalue weighted by Crippen LogP contribution is 2.51. The summed E-state index contributed by atoms with van der Waals surface area (Å²) >= 11 is 0. The van der Waals surface area contributed by atoms with Crippen molar-refractivity contribution in [2.45, 2.75) is 85.5 Å². The molecule has 3 aliphatic rings. The minimum absolute atomic E-state index is 0.0210. The van der Waals surface area contributed by atoms with E-state index >= 15 is 0 Å². The number of anilines is 6. The van der Waals surface area contributed by atoms with Crippen LogP contribution >= 0.6 is 0 Å². The molecule has 0 saturated heterocycles. The SMILES string of the molecule is Cc1cc2c3c(c1)N(c1cc4c(cc1-c1ccccc1)OCCO4)c1ccc(C(C)(C)C)cc1B3c1ccc(-c3ccc4c(c3)oc3ccccc34)cc1N2c1cc(-c2ccc(C(C)(C)C)cc2)cc(-c2ccc(C(C)(C)C)cc2)c1. The lowest BCUT2D eigenvalue weighted by molar-refractivity contribution is 0.172. The summed E-state index contributed by atoms with van der Waals surface area (Å²) in [6.07, 6.45) is 0. The second kappa shape index (κ2) is 18.7. The molecule has 11 aromatic rings. The van der Waals surface area contributed by atoms with Crippen molar-refractivity contribution in [3.8, 4) is 56.0 Å². The minimum atomic E-state index is -0.114. The Bertz CT molecular complexity index is 4230. The quantitative estimate of drug-likeness (QED) is 0.155. The smallest absolute Gasteiger partial charge is 0.252 e. The van der Waals surface area contributed by atoms with Crippen molar-refractivity contribution in [1.29, 1.82) is 0 Å². The van der Waals surface area contributed by atoms with Gasteiger partial charge in [0.25, 0.3) is 6.71 Å². The van der Waals surface area contributed by atoms with E-state index in [4.69, 9.17) is 13.9 Å². The zero-order valence-corrected chi connectivity index (χ0v) is 48.2. The first-order valence-corrected chi connectivity index (χ1v) is 28.7. The molecule has 14 rings (SSSR count). The molecule has 0 amide bonds. The van der Waals surface area contributed by atoms with Crippen LogP contribution < -0.4 is 35.7 Å². The normalized spacial score (nSPS) is 13.8. The predicted molar refractivity (Wildman–Crippen MR) is 341 cm³/mol. The fourth-order valence-electron chi connectivity index (χ4n) is 12.7. The van der Waals surface area contributed by atoms with E-state index in [-0.39, 0.29) is 23.0 Å². The highest BCUT2D eigenvalue weighted by Gasteiger charge is 2.45. The van der Waals surface area contributed by atoms with Gasteiger partial charge in [-0.1, -0.05) is 190 Å². The highest BCUT2D eigenvalue weighted by molar-refractivity contribution is 7.00.